The molecule has 3 rings (SSSR count). The van der Waals surface area contributed by atoms with Crippen molar-refractivity contribution in [2.75, 3.05) is 12.8 Å². The van der Waals surface area contributed by atoms with Gasteiger partial charge in [0.25, 0.3) is 0 Å². The molecule has 0 unspecified atom stereocenters. The molecule has 0 aliphatic carbocycles. The normalized spacial score (nSPS) is 10.8. The van der Waals surface area contributed by atoms with Gasteiger partial charge in [-0.1, -0.05) is 23.4 Å². The highest BCUT2D eigenvalue weighted by atomic mass is 32.1. The molecule has 4 nitrogen and oxygen atoms in total. The minimum atomic E-state index is 0.304. The number of methoxy groups -OCH3 is 1. The third-order valence-corrected chi connectivity index (χ3v) is 4.65. The Kier molecular flexibility index (Phi) is 3.43. The summed E-state index contributed by atoms with van der Waals surface area (Å²) in [6.45, 7) is 4.18. The fourth-order valence-electron chi connectivity index (χ4n) is 2.27. The number of para-hydroxylation sites is 1. The van der Waals surface area contributed by atoms with Crippen LogP contribution in [0.1, 0.15) is 10.4 Å². The van der Waals surface area contributed by atoms with E-state index in [9.17, 15) is 0 Å². The molecule has 2 aromatic heterocycles. The van der Waals surface area contributed by atoms with Gasteiger partial charge < -0.3 is 15.0 Å². The maximum atomic E-state index is 6.00. The monoisotopic (exact) mass is 300 g/mol. The Labute approximate surface area is 127 Å². The zero-order valence-corrected chi connectivity index (χ0v) is 13.0. The average molecular weight is 300 g/mol. The van der Waals surface area contributed by atoms with Gasteiger partial charge in [0.05, 0.1) is 17.6 Å². The number of nitrogen functional groups attached to an aromatic ring is 1. The number of aryl methyl sites for hydroxylation is 2. The maximum Gasteiger partial charge on any atom is 0.230 e. The molecule has 0 fully saturated rings. The maximum absolute atomic E-state index is 6.00. The van der Waals surface area contributed by atoms with Gasteiger partial charge in [0.15, 0.2) is 0 Å². The lowest BCUT2D eigenvalue weighted by molar-refractivity contribution is 0.416. The highest BCUT2D eigenvalue weighted by Crippen LogP contribution is 2.42. The number of benzene rings is 1. The van der Waals surface area contributed by atoms with Crippen molar-refractivity contribution in [2.24, 2.45) is 0 Å². The number of hydrogen-bond donors (Lipinski definition) is 1. The van der Waals surface area contributed by atoms with Crippen LogP contribution < -0.4 is 10.5 Å². The summed E-state index contributed by atoms with van der Waals surface area (Å²) < 4.78 is 10.7. The predicted molar refractivity (Wildman–Crippen MR) is 85.7 cm³/mol. The van der Waals surface area contributed by atoms with Crippen LogP contribution >= 0.6 is 11.3 Å². The third-order valence-electron chi connectivity index (χ3n) is 3.49. The summed E-state index contributed by atoms with van der Waals surface area (Å²) in [5.74, 6) is 1.05. The lowest BCUT2D eigenvalue weighted by Gasteiger charge is -2.07. The molecule has 0 atom stereocenters. The molecule has 0 amide bonds. The molecule has 0 aliphatic rings. The molecule has 5 heteroatoms. The van der Waals surface area contributed by atoms with Crippen molar-refractivity contribution in [3.8, 4) is 27.4 Å². The molecule has 2 heterocycles. The number of thiophene rings is 1. The number of nitrogens with two attached hydrogens (primary N) is 1. The molecule has 0 bridgehead atoms. The summed E-state index contributed by atoms with van der Waals surface area (Å²) in [5.41, 5.74) is 9.67. The van der Waals surface area contributed by atoms with E-state index in [-0.39, 0.29) is 0 Å². The number of anilines is 1. The van der Waals surface area contributed by atoms with Crippen molar-refractivity contribution in [3.05, 3.63) is 40.8 Å². The van der Waals surface area contributed by atoms with Gasteiger partial charge in [-0.05, 0) is 31.5 Å². The van der Waals surface area contributed by atoms with Gasteiger partial charge in [-0.3, -0.25) is 0 Å². The van der Waals surface area contributed by atoms with E-state index in [1.807, 2.05) is 24.3 Å². The van der Waals surface area contributed by atoms with Gasteiger partial charge in [0.1, 0.15) is 11.4 Å². The number of aromatic nitrogens is 1. The molecule has 0 aliphatic heterocycles. The van der Waals surface area contributed by atoms with Gasteiger partial charge >= 0.3 is 0 Å². The van der Waals surface area contributed by atoms with Crippen LogP contribution in [0, 0.1) is 13.8 Å². The van der Waals surface area contributed by atoms with E-state index in [2.05, 4.69) is 25.1 Å². The lowest BCUT2D eigenvalue weighted by atomic mass is 10.0. The molecule has 0 saturated heterocycles. The zero-order valence-electron chi connectivity index (χ0n) is 12.1. The Balaban J connectivity index is 2.22. The fraction of sp³-hybridized carbons (Fsp3) is 0.188. The molecule has 0 radical (unpaired) electrons. The van der Waals surface area contributed by atoms with E-state index >= 15 is 0 Å². The van der Waals surface area contributed by atoms with E-state index in [1.165, 1.54) is 10.4 Å². The zero-order chi connectivity index (χ0) is 15.0. The van der Waals surface area contributed by atoms with Crippen molar-refractivity contribution < 1.29 is 9.26 Å². The van der Waals surface area contributed by atoms with Crippen molar-refractivity contribution in [3.63, 3.8) is 0 Å². The SMILES string of the molecule is COc1ccccc1-c1c(-c2cc(C)c(C)s2)noc1N. The largest absolute Gasteiger partial charge is 0.496 e. The standard InChI is InChI=1S/C16H16N2O2S/c1-9-8-13(21-10(9)2)15-14(16(17)20-18-15)11-6-4-5-7-12(11)19-3/h4-8H,17H2,1-3H3. The first kappa shape index (κ1) is 13.7. The topological polar surface area (TPSA) is 61.3 Å². The van der Waals surface area contributed by atoms with Crippen LogP contribution in [0.5, 0.6) is 5.75 Å². The fourth-order valence-corrected chi connectivity index (χ4v) is 3.29. The van der Waals surface area contributed by atoms with Crippen LogP contribution in [0.4, 0.5) is 5.88 Å². The minimum Gasteiger partial charge on any atom is -0.496 e. The minimum absolute atomic E-state index is 0.304. The highest BCUT2D eigenvalue weighted by molar-refractivity contribution is 7.15. The second kappa shape index (κ2) is 5.26. The Morgan fingerprint density at radius 2 is 2.00 bits per heavy atom. The van der Waals surface area contributed by atoms with Crippen molar-refractivity contribution in [1.82, 2.24) is 5.16 Å². The molecule has 0 spiro atoms. The summed E-state index contributed by atoms with van der Waals surface area (Å²) in [4.78, 5) is 2.31. The van der Waals surface area contributed by atoms with Crippen molar-refractivity contribution in [1.29, 1.82) is 0 Å². The molecule has 108 valence electrons. The van der Waals surface area contributed by atoms with Crippen LogP contribution in [0.3, 0.4) is 0 Å². The van der Waals surface area contributed by atoms with Gasteiger partial charge in [-0.25, -0.2) is 0 Å². The molecule has 2 N–H and O–H groups in total. The second-order valence-electron chi connectivity index (χ2n) is 4.82. The quantitative estimate of drug-likeness (QED) is 0.784. The van der Waals surface area contributed by atoms with Crippen LogP contribution in [0.2, 0.25) is 0 Å². The van der Waals surface area contributed by atoms with Gasteiger partial charge in [-0.15, -0.1) is 11.3 Å². The van der Waals surface area contributed by atoms with E-state index < -0.39 is 0 Å². The first-order chi connectivity index (χ1) is 10.1. The number of nitrogens with zero attached hydrogens (tertiary/aromatic N) is 1. The molecule has 0 saturated carbocycles. The van der Waals surface area contributed by atoms with E-state index in [0.717, 1.165) is 27.4 Å². The van der Waals surface area contributed by atoms with Gasteiger partial charge in [0.2, 0.25) is 5.88 Å². The van der Waals surface area contributed by atoms with E-state index in [4.69, 9.17) is 15.0 Å². The lowest BCUT2D eigenvalue weighted by Crippen LogP contribution is -1.91. The summed E-state index contributed by atoms with van der Waals surface area (Å²) >= 11 is 1.68. The molecule has 21 heavy (non-hydrogen) atoms. The summed E-state index contributed by atoms with van der Waals surface area (Å²) in [5, 5.41) is 4.15. The molecular weight excluding hydrogens is 284 g/mol. The molecule has 1 aromatic carbocycles. The van der Waals surface area contributed by atoms with Crippen LogP contribution in [0.15, 0.2) is 34.9 Å². The van der Waals surface area contributed by atoms with Crippen LogP contribution in [-0.4, -0.2) is 12.3 Å². The molecule has 3 aromatic rings. The number of rotatable bonds is 3. The highest BCUT2D eigenvalue weighted by Gasteiger charge is 2.21. The number of ether oxygens (including phenoxy) is 1. The summed E-state index contributed by atoms with van der Waals surface area (Å²) in [7, 11) is 1.64. The molecular formula is C16H16N2O2S. The predicted octanol–water partition coefficient (Wildman–Crippen LogP) is 4.28. The van der Waals surface area contributed by atoms with E-state index in [1.54, 1.807) is 18.4 Å². The van der Waals surface area contributed by atoms with Crippen molar-refractivity contribution in [2.45, 2.75) is 13.8 Å². The summed E-state index contributed by atoms with van der Waals surface area (Å²) in [6, 6.07) is 9.83. The van der Waals surface area contributed by atoms with Gasteiger partial charge in [0, 0.05) is 10.4 Å². The Hall–Kier alpha value is -2.27. The summed E-state index contributed by atoms with van der Waals surface area (Å²) in [6.07, 6.45) is 0. The van der Waals surface area contributed by atoms with Crippen LogP contribution in [-0.2, 0) is 0 Å². The van der Waals surface area contributed by atoms with Crippen molar-refractivity contribution >= 4 is 17.2 Å². The Bertz CT molecular complexity index is 770. The Morgan fingerprint density at radius 3 is 2.67 bits per heavy atom. The average Bonchev–Trinajstić information content (AvgIpc) is 3.02. The third kappa shape index (κ3) is 2.29. The Morgan fingerprint density at radius 1 is 1.24 bits per heavy atom. The first-order valence-corrected chi connectivity index (χ1v) is 7.39. The van der Waals surface area contributed by atoms with Crippen LogP contribution in [0.25, 0.3) is 21.7 Å². The second-order valence-corrected chi connectivity index (χ2v) is 6.08. The first-order valence-electron chi connectivity index (χ1n) is 6.57. The smallest absolute Gasteiger partial charge is 0.230 e. The van der Waals surface area contributed by atoms with E-state index in [0.29, 0.717) is 5.88 Å². The van der Waals surface area contributed by atoms with Gasteiger partial charge in [-0.2, -0.15) is 0 Å². The number of hydrogen-bond acceptors (Lipinski definition) is 5.